The van der Waals surface area contributed by atoms with Gasteiger partial charge >= 0.3 is 12.4 Å². The van der Waals surface area contributed by atoms with Gasteiger partial charge in [-0.1, -0.05) is 48.5 Å². The summed E-state index contributed by atoms with van der Waals surface area (Å²) in [5.41, 5.74) is -0.0792. The van der Waals surface area contributed by atoms with Crippen molar-refractivity contribution < 1.29 is 39.9 Å². The first-order valence-electron chi connectivity index (χ1n) is 13.5. The highest BCUT2D eigenvalue weighted by Crippen LogP contribution is 2.44. The molecule has 3 atom stereocenters. The van der Waals surface area contributed by atoms with E-state index < -0.39 is 44.4 Å². The number of fused-ring (bicyclic) bond motifs is 1. The first-order chi connectivity index (χ1) is 19.7. The molecule has 0 aromatic heterocycles. The number of sulfonamides is 1. The third-order valence-electron chi connectivity index (χ3n) is 8.39. The van der Waals surface area contributed by atoms with E-state index in [9.17, 15) is 39.9 Å². The Labute approximate surface area is 240 Å². The van der Waals surface area contributed by atoms with Crippen LogP contribution in [0.15, 0.2) is 71.6 Å². The molecule has 2 fully saturated rings. The fourth-order valence-electron chi connectivity index (χ4n) is 6.33. The van der Waals surface area contributed by atoms with Gasteiger partial charge in [0.2, 0.25) is 10.0 Å². The van der Waals surface area contributed by atoms with Crippen LogP contribution in [0.4, 0.5) is 26.3 Å². The van der Waals surface area contributed by atoms with Crippen LogP contribution in [-0.2, 0) is 22.4 Å². The minimum absolute atomic E-state index is 0.0587. The molecule has 2 heterocycles. The second-order valence-electron chi connectivity index (χ2n) is 10.7. The quantitative estimate of drug-likeness (QED) is 0.343. The maximum absolute atomic E-state index is 13.7. The van der Waals surface area contributed by atoms with Crippen LogP contribution in [0, 0.1) is 6.92 Å². The average Bonchev–Trinajstić information content (AvgIpc) is 2.91. The Balaban J connectivity index is 1.46. The van der Waals surface area contributed by atoms with Gasteiger partial charge in [0.15, 0.2) is 0 Å². The second-order valence-corrected chi connectivity index (χ2v) is 12.6. The molecule has 5 nitrogen and oxygen atoms in total. The minimum atomic E-state index is -4.85. The Kier molecular flexibility index (Phi) is 8.21. The van der Waals surface area contributed by atoms with Crippen LogP contribution < -0.4 is 0 Å². The smallest absolute Gasteiger partial charge is 0.395 e. The number of aliphatic hydroxyl groups excluding tert-OH is 1. The van der Waals surface area contributed by atoms with Gasteiger partial charge in [-0.15, -0.1) is 0 Å². The van der Waals surface area contributed by atoms with Gasteiger partial charge in [-0.3, -0.25) is 4.90 Å². The van der Waals surface area contributed by atoms with Gasteiger partial charge in [0.05, 0.1) is 22.6 Å². The van der Waals surface area contributed by atoms with Gasteiger partial charge in [0.25, 0.3) is 0 Å². The largest absolute Gasteiger partial charge is 0.417 e. The van der Waals surface area contributed by atoms with Crippen LogP contribution in [0.25, 0.3) is 11.1 Å². The lowest BCUT2D eigenvalue weighted by atomic mass is 9.74. The van der Waals surface area contributed by atoms with Gasteiger partial charge in [-0.25, -0.2) is 8.42 Å². The molecular formula is C30H30F6N2O3S. The van der Waals surface area contributed by atoms with Crippen LogP contribution in [0.5, 0.6) is 0 Å². The van der Waals surface area contributed by atoms with Crippen molar-refractivity contribution in [3.8, 4) is 11.1 Å². The Hall–Kier alpha value is -2.93. The van der Waals surface area contributed by atoms with Gasteiger partial charge < -0.3 is 5.11 Å². The summed E-state index contributed by atoms with van der Waals surface area (Å²) >= 11 is 0. The predicted molar refractivity (Wildman–Crippen MR) is 145 cm³/mol. The first-order valence-corrected chi connectivity index (χ1v) is 15.0. The normalized spacial score (nSPS) is 22.6. The van der Waals surface area contributed by atoms with Crippen LogP contribution >= 0.6 is 0 Å². The number of halogens is 6. The van der Waals surface area contributed by atoms with Crippen molar-refractivity contribution >= 4 is 10.0 Å². The topological polar surface area (TPSA) is 60.9 Å². The Morgan fingerprint density at radius 2 is 1.45 bits per heavy atom. The highest BCUT2D eigenvalue weighted by atomic mass is 32.2. The molecule has 3 aromatic carbocycles. The van der Waals surface area contributed by atoms with Crippen LogP contribution in [0.3, 0.4) is 0 Å². The average molecular weight is 613 g/mol. The molecule has 3 aromatic rings. The fraction of sp³-hybridized carbons (Fsp3) is 0.400. The number of aliphatic hydroxyl groups is 1. The van der Waals surface area contributed by atoms with E-state index in [4.69, 9.17) is 0 Å². The zero-order valence-electron chi connectivity index (χ0n) is 22.7. The number of rotatable bonds is 5. The minimum Gasteiger partial charge on any atom is -0.395 e. The molecule has 42 heavy (non-hydrogen) atoms. The molecule has 2 aliphatic heterocycles. The third-order valence-corrected chi connectivity index (χ3v) is 10.3. The first kappa shape index (κ1) is 30.5. The molecule has 2 aliphatic rings. The third kappa shape index (κ3) is 5.57. The summed E-state index contributed by atoms with van der Waals surface area (Å²) in [4.78, 5) is 1.20. The maximum atomic E-state index is 13.7. The summed E-state index contributed by atoms with van der Waals surface area (Å²) < 4.78 is 110. The lowest BCUT2D eigenvalue weighted by Gasteiger charge is -2.57. The molecule has 0 aliphatic carbocycles. The second kappa shape index (κ2) is 11.3. The molecule has 5 rings (SSSR count). The number of hydrogen-bond acceptors (Lipinski definition) is 4. The Morgan fingerprint density at radius 1 is 0.833 bits per heavy atom. The van der Waals surface area contributed by atoms with Crippen LogP contribution in [0.2, 0.25) is 0 Å². The fourth-order valence-corrected chi connectivity index (χ4v) is 8.04. The van der Waals surface area contributed by atoms with Crippen molar-refractivity contribution in [2.24, 2.45) is 0 Å². The molecule has 0 bridgehead atoms. The molecule has 1 N–H and O–H groups in total. The molecule has 0 spiro atoms. The van der Waals surface area contributed by atoms with E-state index in [1.165, 1.54) is 19.1 Å². The van der Waals surface area contributed by atoms with E-state index in [0.717, 1.165) is 34.1 Å². The van der Waals surface area contributed by atoms with E-state index >= 15 is 0 Å². The van der Waals surface area contributed by atoms with Gasteiger partial charge in [0.1, 0.15) is 0 Å². The van der Waals surface area contributed by atoms with Crippen molar-refractivity contribution in [3.63, 3.8) is 0 Å². The lowest BCUT2D eigenvalue weighted by molar-refractivity contribution is -0.140. The summed E-state index contributed by atoms with van der Waals surface area (Å²) in [7, 11) is -4.50. The lowest BCUT2D eigenvalue weighted by Crippen LogP contribution is -2.67. The molecule has 0 saturated carbocycles. The van der Waals surface area contributed by atoms with Crippen LogP contribution in [-0.4, -0.2) is 61.1 Å². The predicted octanol–water partition coefficient (Wildman–Crippen LogP) is 6.31. The number of benzene rings is 3. The van der Waals surface area contributed by atoms with E-state index in [1.54, 1.807) is 30.3 Å². The maximum Gasteiger partial charge on any atom is 0.417 e. The SMILES string of the molecule is Cc1c(-c2ccc([C@@H]3C(CO)N4CCCCN(S(=O)(=O)c5ccccc5C(F)(F)F)C[C@@H]34)cc2)cccc1C(F)(F)F. The Bertz CT molecular complexity index is 1540. The number of alkyl halides is 6. The van der Waals surface area contributed by atoms with Crippen molar-refractivity contribution in [1.82, 2.24) is 9.21 Å². The van der Waals surface area contributed by atoms with Gasteiger partial charge in [-0.2, -0.15) is 30.6 Å². The van der Waals surface area contributed by atoms with Crippen molar-refractivity contribution in [1.29, 1.82) is 0 Å². The highest BCUT2D eigenvalue weighted by Gasteiger charge is 2.51. The summed E-state index contributed by atoms with van der Waals surface area (Å²) in [5, 5.41) is 10.2. The van der Waals surface area contributed by atoms with E-state index in [2.05, 4.69) is 0 Å². The van der Waals surface area contributed by atoms with Gasteiger partial charge in [-0.05, 0) is 66.8 Å². The summed E-state index contributed by atoms with van der Waals surface area (Å²) in [5.74, 6) is -0.333. The van der Waals surface area contributed by atoms with Crippen LogP contribution in [0.1, 0.15) is 41.0 Å². The van der Waals surface area contributed by atoms with Gasteiger partial charge in [0, 0.05) is 31.1 Å². The molecule has 12 heteroatoms. The van der Waals surface area contributed by atoms with E-state index in [-0.39, 0.29) is 37.2 Å². The molecule has 226 valence electrons. The molecule has 2 saturated heterocycles. The number of nitrogens with zero attached hydrogens (tertiary/aromatic N) is 2. The van der Waals surface area contributed by atoms with Crippen molar-refractivity contribution in [3.05, 3.63) is 89.0 Å². The molecule has 0 amide bonds. The standard InChI is InChI=1S/C30H30F6N2O3S/c1-19-22(7-6-9-23(19)29(31,32)33)20-11-13-21(14-12-20)28-25-17-37(15-4-5-16-38(25)26(28)18-39)42(40,41)27-10-3-2-8-24(27)30(34,35)36/h2-3,6-14,25-26,28,39H,4-5,15-18H2,1H3/t25-,26?,28-/m0/s1. The Morgan fingerprint density at radius 3 is 2.10 bits per heavy atom. The summed E-state index contributed by atoms with van der Waals surface area (Å²) in [6, 6.07) is 14.3. The highest BCUT2D eigenvalue weighted by molar-refractivity contribution is 7.89. The van der Waals surface area contributed by atoms with Crippen molar-refractivity contribution in [2.45, 2.75) is 55.0 Å². The van der Waals surface area contributed by atoms with E-state index in [1.807, 2.05) is 4.90 Å². The summed E-state index contributed by atoms with van der Waals surface area (Å²) in [6.07, 6.45) is -8.29. The molecule has 0 radical (unpaired) electrons. The molecule has 1 unspecified atom stereocenters. The summed E-state index contributed by atoms with van der Waals surface area (Å²) in [6.45, 7) is 1.80. The van der Waals surface area contributed by atoms with E-state index in [0.29, 0.717) is 30.5 Å². The van der Waals surface area contributed by atoms with Crippen molar-refractivity contribution in [2.75, 3.05) is 26.2 Å². The zero-order chi connectivity index (χ0) is 30.4. The molecular weight excluding hydrogens is 582 g/mol. The number of hydrogen-bond donors (Lipinski definition) is 1. The monoisotopic (exact) mass is 612 g/mol. The zero-order valence-corrected chi connectivity index (χ0v) is 23.5.